The molecule has 0 bridgehead atoms. The first-order valence-corrected chi connectivity index (χ1v) is 11.6. The van der Waals surface area contributed by atoms with Gasteiger partial charge in [-0.2, -0.15) is 0 Å². The number of nitrogens with zero attached hydrogens (tertiary/aromatic N) is 2. The van der Waals surface area contributed by atoms with Crippen LogP contribution in [0.4, 0.5) is 0 Å². The topological polar surface area (TPSA) is 73.2 Å². The minimum absolute atomic E-state index is 0.0879. The van der Waals surface area contributed by atoms with Crippen LogP contribution in [-0.2, 0) is 11.3 Å². The predicted molar refractivity (Wildman–Crippen MR) is 132 cm³/mol. The molecule has 0 aliphatic rings. The molecule has 0 radical (unpaired) electrons. The molecular formula is C26H25N3O3S. The molecule has 1 heterocycles. The molecule has 0 aliphatic heterocycles. The van der Waals surface area contributed by atoms with Crippen molar-refractivity contribution in [3.63, 3.8) is 0 Å². The zero-order valence-electron chi connectivity index (χ0n) is 18.5. The van der Waals surface area contributed by atoms with Crippen molar-refractivity contribution in [2.75, 3.05) is 7.11 Å². The average Bonchev–Trinajstić information content (AvgIpc) is 2.86. The number of nitrogens with one attached hydrogen (secondary N) is 1. The standard InChI is InChI=1S/C26H25N3O3S/c1-3-23(24(30)27-17-18-9-5-4-6-10-18)33-26-28-22-12-8-7-11-21(22)25(31)29(26)19-13-15-20(32-2)16-14-19/h4-16,23H,3,17H2,1-2H3,(H,27,30). The summed E-state index contributed by atoms with van der Waals surface area (Å²) in [6.07, 6.45) is 0.594. The van der Waals surface area contributed by atoms with Crippen LogP contribution < -0.4 is 15.6 Å². The summed E-state index contributed by atoms with van der Waals surface area (Å²) in [4.78, 5) is 31.2. The van der Waals surface area contributed by atoms with E-state index in [2.05, 4.69) is 5.32 Å². The van der Waals surface area contributed by atoms with Gasteiger partial charge in [-0.25, -0.2) is 4.98 Å². The van der Waals surface area contributed by atoms with E-state index >= 15 is 0 Å². The Labute approximate surface area is 196 Å². The highest BCUT2D eigenvalue weighted by atomic mass is 32.2. The first kappa shape index (κ1) is 22.6. The molecule has 0 fully saturated rings. The second-order valence-electron chi connectivity index (χ2n) is 7.47. The van der Waals surface area contributed by atoms with E-state index in [9.17, 15) is 9.59 Å². The van der Waals surface area contributed by atoms with Gasteiger partial charge in [0.2, 0.25) is 5.91 Å². The number of benzene rings is 3. The zero-order chi connectivity index (χ0) is 23.2. The van der Waals surface area contributed by atoms with E-state index in [1.165, 1.54) is 11.8 Å². The molecule has 4 aromatic rings. The second kappa shape index (κ2) is 10.4. The van der Waals surface area contributed by atoms with Crippen molar-refractivity contribution < 1.29 is 9.53 Å². The fourth-order valence-electron chi connectivity index (χ4n) is 3.50. The highest BCUT2D eigenvalue weighted by Gasteiger charge is 2.22. The van der Waals surface area contributed by atoms with Gasteiger partial charge >= 0.3 is 0 Å². The number of carbonyl (C=O) groups is 1. The summed E-state index contributed by atoms with van der Waals surface area (Å²) in [5.41, 5.74) is 2.13. The number of aromatic nitrogens is 2. The first-order valence-electron chi connectivity index (χ1n) is 10.7. The summed E-state index contributed by atoms with van der Waals surface area (Å²) in [5, 5.41) is 3.61. The lowest BCUT2D eigenvalue weighted by molar-refractivity contribution is -0.120. The van der Waals surface area contributed by atoms with Crippen LogP contribution in [0.3, 0.4) is 0 Å². The molecule has 6 nitrogen and oxygen atoms in total. The van der Waals surface area contributed by atoms with Gasteiger partial charge in [0.05, 0.1) is 29.0 Å². The summed E-state index contributed by atoms with van der Waals surface area (Å²) in [5.74, 6) is 0.608. The van der Waals surface area contributed by atoms with Gasteiger partial charge in [0, 0.05) is 6.54 Å². The SMILES string of the molecule is CCC(Sc1nc2ccccc2c(=O)n1-c1ccc(OC)cc1)C(=O)NCc1ccccc1. The Morgan fingerprint density at radius 1 is 1.03 bits per heavy atom. The number of fused-ring (bicyclic) bond motifs is 1. The first-order chi connectivity index (χ1) is 16.1. The Morgan fingerprint density at radius 2 is 1.73 bits per heavy atom. The fourth-order valence-corrected chi connectivity index (χ4v) is 4.56. The highest BCUT2D eigenvalue weighted by Crippen LogP contribution is 2.27. The maximum absolute atomic E-state index is 13.4. The Kier molecular flexibility index (Phi) is 7.10. The van der Waals surface area contributed by atoms with E-state index in [4.69, 9.17) is 9.72 Å². The molecule has 168 valence electrons. The van der Waals surface area contributed by atoms with Crippen LogP contribution in [-0.4, -0.2) is 27.8 Å². The zero-order valence-corrected chi connectivity index (χ0v) is 19.3. The maximum Gasteiger partial charge on any atom is 0.266 e. The molecule has 1 atom stereocenters. The van der Waals surface area contributed by atoms with E-state index in [-0.39, 0.29) is 11.5 Å². The molecule has 1 unspecified atom stereocenters. The summed E-state index contributed by atoms with van der Waals surface area (Å²) in [7, 11) is 1.60. The third kappa shape index (κ3) is 5.09. The van der Waals surface area contributed by atoms with Gasteiger partial charge in [0.25, 0.3) is 5.56 Å². The van der Waals surface area contributed by atoms with E-state index in [1.54, 1.807) is 29.9 Å². The molecule has 0 saturated carbocycles. The van der Waals surface area contributed by atoms with E-state index in [0.29, 0.717) is 40.5 Å². The van der Waals surface area contributed by atoms with Gasteiger partial charge in [-0.15, -0.1) is 0 Å². The highest BCUT2D eigenvalue weighted by molar-refractivity contribution is 8.00. The number of ether oxygens (including phenoxy) is 1. The van der Waals surface area contributed by atoms with Crippen LogP contribution >= 0.6 is 11.8 Å². The molecule has 1 aromatic heterocycles. The number of methoxy groups -OCH3 is 1. The van der Waals surface area contributed by atoms with Crippen LogP contribution in [0.1, 0.15) is 18.9 Å². The maximum atomic E-state index is 13.4. The van der Waals surface area contributed by atoms with Gasteiger partial charge in [0.1, 0.15) is 5.75 Å². The minimum atomic E-state index is -0.397. The van der Waals surface area contributed by atoms with Crippen LogP contribution in [0.15, 0.2) is 88.8 Å². The van der Waals surface area contributed by atoms with Gasteiger partial charge in [-0.1, -0.05) is 61.2 Å². The summed E-state index contributed by atoms with van der Waals surface area (Å²) in [6.45, 7) is 2.41. The Bertz CT molecular complexity index is 1300. The van der Waals surface area contributed by atoms with Gasteiger partial charge < -0.3 is 10.1 Å². The third-order valence-electron chi connectivity index (χ3n) is 5.30. The van der Waals surface area contributed by atoms with E-state index < -0.39 is 5.25 Å². The number of para-hydroxylation sites is 1. The molecule has 0 spiro atoms. The largest absolute Gasteiger partial charge is 0.497 e. The van der Waals surface area contributed by atoms with Crippen molar-refractivity contribution in [2.45, 2.75) is 30.3 Å². The Balaban J connectivity index is 1.68. The van der Waals surface area contributed by atoms with Crippen molar-refractivity contribution in [3.8, 4) is 11.4 Å². The molecule has 7 heteroatoms. The second-order valence-corrected chi connectivity index (χ2v) is 8.64. The van der Waals surface area contributed by atoms with Crippen molar-refractivity contribution in [1.82, 2.24) is 14.9 Å². The lowest BCUT2D eigenvalue weighted by atomic mass is 10.2. The van der Waals surface area contributed by atoms with Gasteiger partial charge in [-0.3, -0.25) is 14.2 Å². The summed E-state index contributed by atoms with van der Waals surface area (Å²) >= 11 is 1.30. The normalized spacial score (nSPS) is 11.8. The number of hydrogen-bond donors (Lipinski definition) is 1. The molecule has 4 rings (SSSR count). The molecule has 0 aliphatic carbocycles. The minimum Gasteiger partial charge on any atom is -0.497 e. The fraction of sp³-hybridized carbons (Fsp3) is 0.192. The Hall–Kier alpha value is -3.58. The lowest BCUT2D eigenvalue weighted by Gasteiger charge is -2.18. The summed E-state index contributed by atoms with van der Waals surface area (Å²) in [6, 6.07) is 24.3. The van der Waals surface area contributed by atoms with Crippen LogP contribution in [0.25, 0.3) is 16.6 Å². The quantitative estimate of drug-likeness (QED) is 0.308. The third-order valence-corrected chi connectivity index (χ3v) is 6.61. The number of amides is 1. The van der Waals surface area contributed by atoms with Crippen molar-refractivity contribution in [1.29, 1.82) is 0 Å². The molecule has 1 N–H and O–H groups in total. The van der Waals surface area contributed by atoms with Crippen LogP contribution in [0, 0.1) is 0 Å². The van der Waals surface area contributed by atoms with E-state index in [1.807, 2.05) is 67.6 Å². The van der Waals surface area contributed by atoms with E-state index in [0.717, 1.165) is 5.56 Å². The number of rotatable bonds is 8. The molecule has 1 amide bonds. The lowest BCUT2D eigenvalue weighted by Crippen LogP contribution is -2.33. The Morgan fingerprint density at radius 3 is 2.42 bits per heavy atom. The predicted octanol–water partition coefficient (Wildman–Crippen LogP) is 4.58. The molecule has 33 heavy (non-hydrogen) atoms. The molecule has 3 aromatic carbocycles. The monoisotopic (exact) mass is 459 g/mol. The van der Waals surface area contributed by atoms with Crippen LogP contribution in [0.2, 0.25) is 0 Å². The number of hydrogen-bond acceptors (Lipinski definition) is 5. The van der Waals surface area contributed by atoms with Crippen molar-refractivity contribution >= 4 is 28.6 Å². The van der Waals surface area contributed by atoms with Crippen molar-refractivity contribution in [2.24, 2.45) is 0 Å². The smallest absolute Gasteiger partial charge is 0.266 e. The van der Waals surface area contributed by atoms with Gasteiger partial charge in [-0.05, 0) is 48.4 Å². The number of thioether (sulfide) groups is 1. The summed E-state index contributed by atoms with van der Waals surface area (Å²) < 4.78 is 6.82. The average molecular weight is 460 g/mol. The number of carbonyl (C=O) groups excluding carboxylic acids is 1. The molecular weight excluding hydrogens is 434 g/mol. The van der Waals surface area contributed by atoms with Crippen LogP contribution in [0.5, 0.6) is 5.75 Å². The van der Waals surface area contributed by atoms with Gasteiger partial charge in [0.15, 0.2) is 5.16 Å². The molecule has 0 saturated heterocycles. The van der Waals surface area contributed by atoms with Crippen molar-refractivity contribution in [3.05, 3.63) is 94.8 Å².